The lowest BCUT2D eigenvalue weighted by Crippen LogP contribution is -2.44. The number of nitrogens with one attached hydrogen (secondary N) is 2. The lowest BCUT2D eigenvalue weighted by Gasteiger charge is -2.21. The van der Waals surface area contributed by atoms with Crippen LogP contribution in [0.5, 0.6) is 0 Å². The number of imidazole rings is 1. The van der Waals surface area contributed by atoms with Crippen LogP contribution in [0.1, 0.15) is 108 Å². The van der Waals surface area contributed by atoms with Gasteiger partial charge in [0.25, 0.3) is 12.3 Å². The number of carbonyl (C=O) groups is 4. The number of aryl methyl sites for hydroxylation is 3. The van der Waals surface area contributed by atoms with E-state index in [1.54, 1.807) is 43.6 Å². The van der Waals surface area contributed by atoms with Gasteiger partial charge in [0.2, 0.25) is 17.7 Å². The third kappa shape index (κ3) is 9.62. The predicted molar refractivity (Wildman–Crippen MR) is 223 cm³/mol. The van der Waals surface area contributed by atoms with Crippen LogP contribution >= 0.6 is 0 Å². The van der Waals surface area contributed by atoms with E-state index in [1.165, 1.54) is 39.1 Å². The molecular formula is C45H46F2N8O7. The van der Waals surface area contributed by atoms with Gasteiger partial charge in [-0.25, -0.2) is 23.2 Å². The Kier molecular flexibility index (Phi) is 12.6. The fourth-order valence-corrected chi connectivity index (χ4v) is 7.69. The van der Waals surface area contributed by atoms with E-state index in [9.17, 15) is 32.8 Å². The monoisotopic (exact) mass is 848 g/mol. The zero-order valence-electron chi connectivity index (χ0n) is 34.1. The minimum Gasteiger partial charge on any atom is -0.444 e. The average molecular weight is 849 g/mol. The van der Waals surface area contributed by atoms with E-state index in [0.717, 1.165) is 42.9 Å². The molecule has 62 heavy (non-hydrogen) atoms. The Balaban J connectivity index is 0.776. The second-order valence-corrected chi connectivity index (χ2v) is 15.8. The number of unbranched alkanes of at least 4 members (excludes halogenated alkanes) is 1. The smallest absolute Gasteiger partial charge is 0.329 e. The number of carbonyl (C=O) groups excluding carboxylic acids is 4. The SMILES string of the molecule is Cn1c(=O)n(C2CCC(=O)NC2=O)c2ccc(CCCOCCCCC(=O)c3ccc(-n4cc(NC(=O)c5coc(-c6ccnc(CCC7CC7)c6)n5)c(C(F)F)n4)cc3)cc21. The molecule has 1 saturated carbocycles. The molecule has 4 aromatic heterocycles. The minimum atomic E-state index is -2.98. The number of hydrogen-bond donors (Lipinski definition) is 2. The third-order valence-electron chi connectivity index (χ3n) is 11.3. The Morgan fingerprint density at radius 2 is 1.77 bits per heavy atom. The van der Waals surface area contributed by atoms with Gasteiger partial charge in [-0.15, -0.1) is 0 Å². The molecule has 17 heteroatoms. The average Bonchev–Trinajstić information content (AvgIpc) is 3.68. The minimum absolute atomic E-state index is 0.0669. The second kappa shape index (κ2) is 18.6. The van der Waals surface area contributed by atoms with Crippen molar-refractivity contribution in [2.45, 2.75) is 83.1 Å². The van der Waals surface area contributed by atoms with Crippen LogP contribution in [-0.4, -0.2) is 65.6 Å². The number of amides is 3. The van der Waals surface area contributed by atoms with Crippen LogP contribution < -0.4 is 16.3 Å². The number of alkyl halides is 2. The number of hydrogen-bond acceptors (Lipinski definition) is 10. The molecule has 5 heterocycles. The summed E-state index contributed by atoms with van der Waals surface area (Å²) in [6, 6.07) is 15.0. The molecule has 2 fully saturated rings. The Morgan fingerprint density at radius 3 is 2.55 bits per heavy atom. The van der Waals surface area contributed by atoms with Crippen LogP contribution in [0.3, 0.4) is 0 Å². The molecule has 1 unspecified atom stereocenters. The van der Waals surface area contributed by atoms with E-state index in [-0.39, 0.29) is 47.5 Å². The summed E-state index contributed by atoms with van der Waals surface area (Å²) in [4.78, 5) is 71.8. The number of Topliss-reactive ketones (excluding diaryl/α,β-unsaturated/α-hetero) is 1. The van der Waals surface area contributed by atoms with Crippen LogP contribution in [-0.2, 0) is 34.2 Å². The van der Waals surface area contributed by atoms with E-state index in [2.05, 4.69) is 25.7 Å². The standard InChI is InChI=1S/C45H46F2N8O7/c1-53-37-23-28(10-16-35(37)55(45(53)60)36-17-18-39(57)51-43(36)59)5-4-22-61-21-3-2-6-38(56)29-11-14-32(15-12-29)54-25-33(40(52-54)41(46)47)49-42(58)34-26-62-44(50-34)30-19-20-48-31(24-30)13-9-27-7-8-27/h10-12,14-16,19-20,23-27,36,41H,2-9,13,17-18,21-22H2,1H3,(H,49,58)(H,51,57,59). The zero-order valence-corrected chi connectivity index (χ0v) is 34.1. The van der Waals surface area contributed by atoms with Gasteiger partial charge in [-0.05, 0) is 105 Å². The Labute approximate surface area is 354 Å². The second-order valence-electron chi connectivity index (χ2n) is 15.8. The molecule has 2 N–H and O–H groups in total. The molecule has 0 radical (unpaired) electrons. The predicted octanol–water partition coefficient (Wildman–Crippen LogP) is 7.09. The van der Waals surface area contributed by atoms with Crippen molar-refractivity contribution in [3.63, 3.8) is 0 Å². The van der Waals surface area contributed by atoms with Gasteiger partial charge in [0.15, 0.2) is 17.2 Å². The topological polar surface area (TPSA) is 185 Å². The first-order valence-electron chi connectivity index (χ1n) is 20.9. The summed E-state index contributed by atoms with van der Waals surface area (Å²) in [7, 11) is 1.67. The molecule has 1 aliphatic carbocycles. The Hall–Kier alpha value is -6.62. The first-order valence-corrected chi connectivity index (χ1v) is 20.9. The summed E-state index contributed by atoms with van der Waals surface area (Å²) < 4.78 is 43.7. The highest BCUT2D eigenvalue weighted by atomic mass is 19.3. The van der Waals surface area contributed by atoms with Crippen molar-refractivity contribution in [3.05, 3.63) is 112 Å². The van der Waals surface area contributed by atoms with Gasteiger partial charge in [-0.2, -0.15) is 5.10 Å². The zero-order chi connectivity index (χ0) is 43.3. The number of aromatic nitrogens is 6. The van der Waals surface area contributed by atoms with Gasteiger partial charge in [0, 0.05) is 56.1 Å². The van der Waals surface area contributed by atoms with Crippen LogP contribution in [0.4, 0.5) is 14.5 Å². The normalized spacial score (nSPS) is 15.4. The lowest BCUT2D eigenvalue weighted by atomic mass is 10.1. The number of benzene rings is 2. The number of oxazole rings is 1. The van der Waals surface area contributed by atoms with Crippen LogP contribution in [0.2, 0.25) is 0 Å². The van der Waals surface area contributed by atoms with Gasteiger partial charge in [0.1, 0.15) is 12.3 Å². The Bertz CT molecular complexity index is 2680. The highest BCUT2D eigenvalue weighted by Gasteiger charge is 2.31. The molecule has 2 aromatic carbocycles. The molecule has 15 nitrogen and oxygen atoms in total. The van der Waals surface area contributed by atoms with Crippen molar-refractivity contribution in [1.82, 2.24) is 34.2 Å². The molecule has 1 aliphatic heterocycles. The first kappa shape index (κ1) is 42.1. The van der Waals surface area contributed by atoms with Crippen molar-refractivity contribution in [1.29, 1.82) is 0 Å². The largest absolute Gasteiger partial charge is 0.444 e. The van der Waals surface area contributed by atoms with Crippen molar-refractivity contribution in [2.24, 2.45) is 13.0 Å². The fourth-order valence-electron chi connectivity index (χ4n) is 7.69. The number of rotatable bonds is 19. The van der Waals surface area contributed by atoms with Crippen LogP contribution in [0.25, 0.3) is 28.2 Å². The summed E-state index contributed by atoms with van der Waals surface area (Å²) in [5.74, 6) is -0.624. The van der Waals surface area contributed by atoms with E-state index in [4.69, 9.17) is 9.15 Å². The number of ketones is 1. The molecule has 1 atom stereocenters. The molecule has 0 bridgehead atoms. The van der Waals surface area contributed by atoms with Crippen molar-refractivity contribution in [3.8, 4) is 17.1 Å². The molecule has 2 aliphatic rings. The van der Waals surface area contributed by atoms with Crippen LogP contribution in [0.15, 0.2) is 82.5 Å². The first-order chi connectivity index (χ1) is 30.0. The third-order valence-corrected chi connectivity index (χ3v) is 11.3. The maximum Gasteiger partial charge on any atom is 0.329 e. The Morgan fingerprint density at radius 1 is 0.968 bits per heavy atom. The number of nitrogens with zero attached hydrogens (tertiary/aromatic N) is 6. The highest BCUT2D eigenvalue weighted by Crippen LogP contribution is 2.34. The summed E-state index contributed by atoms with van der Waals surface area (Å²) in [5.41, 5.74) is 3.65. The molecule has 8 rings (SSSR count). The molecule has 6 aromatic rings. The highest BCUT2D eigenvalue weighted by molar-refractivity contribution is 6.03. The maximum absolute atomic E-state index is 14.1. The van der Waals surface area contributed by atoms with Crippen molar-refractivity contribution < 1.29 is 37.1 Å². The molecule has 1 saturated heterocycles. The number of halogens is 2. The summed E-state index contributed by atoms with van der Waals surface area (Å²) in [6.45, 7) is 1.01. The molecular weight excluding hydrogens is 803 g/mol. The maximum atomic E-state index is 14.1. The number of fused-ring (bicyclic) bond motifs is 1. The molecule has 322 valence electrons. The lowest BCUT2D eigenvalue weighted by molar-refractivity contribution is -0.135. The summed E-state index contributed by atoms with van der Waals surface area (Å²) >= 11 is 0. The summed E-state index contributed by atoms with van der Waals surface area (Å²) in [6.07, 6.45) is 9.12. The molecule has 3 amide bonds. The number of ether oxygens (including phenoxy) is 1. The van der Waals surface area contributed by atoms with E-state index < -0.39 is 30.0 Å². The quantitative estimate of drug-likeness (QED) is 0.0485. The number of piperidine rings is 1. The van der Waals surface area contributed by atoms with E-state index in [1.807, 2.05) is 24.3 Å². The van der Waals surface area contributed by atoms with Gasteiger partial charge < -0.3 is 14.5 Å². The van der Waals surface area contributed by atoms with Crippen LogP contribution in [0, 0.1) is 5.92 Å². The van der Waals surface area contributed by atoms with Gasteiger partial charge in [-0.3, -0.25) is 38.6 Å². The van der Waals surface area contributed by atoms with Crippen molar-refractivity contribution in [2.75, 3.05) is 18.5 Å². The summed E-state index contributed by atoms with van der Waals surface area (Å²) in [5, 5.41) is 8.82. The molecule has 0 spiro atoms. The van der Waals surface area contributed by atoms with Gasteiger partial charge >= 0.3 is 5.69 Å². The fraction of sp³-hybridized carbons (Fsp3) is 0.378. The van der Waals surface area contributed by atoms with Gasteiger partial charge in [0.05, 0.1) is 28.6 Å². The number of anilines is 1. The number of pyridine rings is 1. The number of imide groups is 1. The van der Waals surface area contributed by atoms with Crippen molar-refractivity contribution >= 4 is 40.2 Å². The van der Waals surface area contributed by atoms with E-state index >= 15 is 0 Å². The van der Waals surface area contributed by atoms with Gasteiger partial charge in [-0.1, -0.05) is 18.9 Å². The van der Waals surface area contributed by atoms with E-state index in [0.29, 0.717) is 60.3 Å².